The summed E-state index contributed by atoms with van der Waals surface area (Å²) in [5.41, 5.74) is 2.64. The molecule has 0 atom stereocenters. The van der Waals surface area contributed by atoms with Crippen molar-refractivity contribution in [1.82, 2.24) is 0 Å². The van der Waals surface area contributed by atoms with E-state index in [2.05, 4.69) is 0 Å². The fourth-order valence-corrected chi connectivity index (χ4v) is 1.65. The van der Waals surface area contributed by atoms with Gasteiger partial charge in [-0.25, -0.2) is 0 Å². The lowest BCUT2D eigenvalue weighted by Crippen LogP contribution is -1.92. The number of benzene rings is 1. The molecule has 1 aromatic rings. The zero-order valence-electron chi connectivity index (χ0n) is 9.63. The molecule has 1 aliphatic carbocycles. The molecule has 0 aromatic heterocycles. The van der Waals surface area contributed by atoms with Crippen molar-refractivity contribution in [1.29, 1.82) is 0 Å². The number of rotatable bonds is 3. The van der Waals surface area contributed by atoms with Crippen LogP contribution in [0.4, 0.5) is 0 Å². The summed E-state index contributed by atoms with van der Waals surface area (Å²) >= 11 is 0. The molecule has 1 N–H and O–H groups in total. The first-order valence-corrected chi connectivity index (χ1v) is 5.40. The predicted octanol–water partition coefficient (Wildman–Crippen LogP) is 3.61. The van der Waals surface area contributed by atoms with Crippen LogP contribution < -0.4 is 0 Å². The molecule has 17 heavy (non-hydrogen) atoms. The van der Waals surface area contributed by atoms with Gasteiger partial charge >= 0.3 is 0 Å². The number of hydrogen-bond donors (Lipinski definition) is 1. The van der Waals surface area contributed by atoms with E-state index >= 15 is 0 Å². The van der Waals surface area contributed by atoms with E-state index < -0.39 is 0 Å². The Hall–Kier alpha value is -2.22. The van der Waals surface area contributed by atoms with Gasteiger partial charge in [0.15, 0.2) is 0 Å². The first-order valence-electron chi connectivity index (χ1n) is 5.40. The molecule has 0 amide bonds. The van der Waals surface area contributed by atoms with E-state index in [4.69, 9.17) is 4.74 Å². The number of aliphatic hydroxyl groups excluding tert-OH is 1. The third kappa shape index (κ3) is 2.67. The Labute approximate surface area is 101 Å². The lowest BCUT2D eigenvalue weighted by Gasteiger charge is -2.06. The van der Waals surface area contributed by atoms with Gasteiger partial charge < -0.3 is 9.84 Å². The van der Waals surface area contributed by atoms with Crippen molar-refractivity contribution >= 4 is 5.57 Å². The predicted molar refractivity (Wildman–Crippen MR) is 69.4 cm³/mol. The molecular formula is C15H14O2. The molecule has 0 aliphatic heterocycles. The SMILES string of the molecule is CO/C(O)=C(\C=C1C=CC=C1)c1ccccc1. The van der Waals surface area contributed by atoms with Crippen molar-refractivity contribution in [2.45, 2.75) is 0 Å². The molecule has 1 aromatic carbocycles. The van der Waals surface area contributed by atoms with Crippen molar-refractivity contribution < 1.29 is 9.84 Å². The van der Waals surface area contributed by atoms with E-state index in [0.717, 1.165) is 11.1 Å². The molecule has 0 heterocycles. The highest BCUT2D eigenvalue weighted by Crippen LogP contribution is 2.22. The Morgan fingerprint density at radius 2 is 1.76 bits per heavy atom. The Kier molecular flexibility index (Phi) is 3.46. The maximum absolute atomic E-state index is 9.80. The third-order valence-electron chi connectivity index (χ3n) is 2.51. The van der Waals surface area contributed by atoms with Gasteiger partial charge in [0.05, 0.1) is 12.7 Å². The van der Waals surface area contributed by atoms with Gasteiger partial charge in [0.25, 0.3) is 5.95 Å². The highest BCUT2D eigenvalue weighted by Gasteiger charge is 2.07. The van der Waals surface area contributed by atoms with Gasteiger partial charge in [-0.1, -0.05) is 54.6 Å². The zero-order valence-corrected chi connectivity index (χ0v) is 9.63. The van der Waals surface area contributed by atoms with Gasteiger partial charge in [-0.05, 0) is 17.2 Å². The summed E-state index contributed by atoms with van der Waals surface area (Å²) in [5.74, 6) is -0.0719. The smallest absolute Gasteiger partial charge is 0.284 e. The van der Waals surface area contributed by atoms with Gasteiger partial charge in [-0.15, -0.1) is 0 Å². The highest BCUT2D eigenvalue weighted by atomic mass is 16.6. The standard InChI is InChI=1S/C15H14O2/c1-17-15(16)14(11-12-7-5-6-8-12)13-9-3-2-4-10-13/h2-11,16H,1H3/b15-14+. The Bertz CT molecular complexity index is 491. The van der Waals surface area contributed by atoms with Crippen LogP contribution in [-0.4, -0.2) is 12.2 Å². The van der Waals surface area contributed by atoms with Crippen molar-refractivity contribution in [3.63, 3.8) is 0 Å². The van der Waals surface area contributed by atoms with Crippen LogP contribution >= 0.6 is 0 Å². The van der Waals surface area contributed by atoms with E-state index in [-0.39, 0.29) is 5.95 Å². The summed E-state index contributed by atoms with van der Waals surface area (Å²) in [6.45, 7) is 0. The molecule has 0 spiro atoms. The Morgan fingerprint density at radius 1 is 1.12 bits per heavy atom. The van der Waals surface area contributed by atoms with Crippen molar-refractivity contribution in [3.8, 4) is 0 Å². The molecule has 0 bridgehead atoms. The van der Waals surface area contributed by atoms with Crippen molar-refractivity contribution in [2.75, 3.05) is 7.11 Å². The summed E-state index contributed by atoms with van der Waals surface area (Å²) < 4.78 is 4.92. The second-order valence-electron chi connectivity index (χ2n) is 3.65. The van der Waals surface area contributed by atoms with E-state index in [1.54, 1.807) is 0 Å². The molecule has 0 radical (unpaired) electrons. The summed E-state index contributed by atoms with van der Waals surface area (Å²) in [6, 6.07) is 9.66. The first-order chi connectivity index (χ1) is 8.31. The lowest BCUT2D eigenvalue weighted by atomic mass is 10.0. The molecule has 2 nitrogen and oxygen atoms in total. The number of aliphatic hydroxyl groups is 1. The average Bonchev–Trinajstić information content (AvgIpc) is 2.89. The summed E-state index contributed by atoms with van der Waals surface area (Å²) in [5, 5.41) is 9.80. The minimum Gasteiger partial charge on any atom is -0.481 e. The highest BCUT2D eigenvalue weighted by molar-refractivity contribution is 5.76. The second-order valence-corrected chi connectivity index (χ2v) is 3.65. The third-order valence-corrected chi connectivity index (χ3v) is 2.51. The van der Waals surface area contributed by atoms with Crippen LogP contribution in [0.2, 0.25) is 0 Å². The lowest BCUT2D eigenvalue weighted by molar-refractivity contribution is 0.139. The van der Waals surface area contributed by atoms with Gasteiger partial charge in [-0.3, -0.25) is 0 Å². The minimum atomic E-state index is -0.0719. The number of ether oxygens (including phenoxy) is 1. The zero-order chi connectivity index (χ0) is 12.1. The van der Waals surface area contributed by atoms with Crippen LogP contribution in [0, 0.1) is 0 Å². The van der Waals surface area contributed by atoms with Gasteiger partial charge in [-0.2, -0.15) is 0 Å². The normalized spacial score (nSPS) is 14.8. The molecule has 0 fully saturated rings. The largest absolute Gasteiger partial charge is 0.481 e. The molecule has 0 unspecified atom stereocenters. The van der Waals surface area contributed by atoms with Crippen LogP contribution in [0.25, 0.3) is 5.57 Å². The molecule has 1 aliphatic rings. The fourth-order valence-electron chi connectivity index (χ4n) is 1.65. The van der Waals surface area contributed by atoms with E-state index in [9.17, 15) is 5.11 Å². The first kappa shape index (κ1) is 11.3. The van der Waals surface area contributed by atoms with Crippen LogP contribution in [0.3, 0.4) is 0 Å². The van der Waals surface area contributed by atoms with Crippen LogP contribution in [0.15, 0.2) is 72.2 Å². The quantitative estimate of drug-likeness (QED) is 0.798. The molecule has 0 saturated heterocycles. The summed E-state index contributed by atoms with van der Waals surface area (Å²) in [4.78, 5) is 0. The van der Waals surface area contributed by atoms with Crippen LogP contribution in [0.5, 0.6) is 0 Å². The van der Waals surface area contributed by atoms with E-state index in [1.165, 1.54) is 7.11 Å². The maximum atomic E-state index is 9.80. The van der Waals surface area contributed by atoms with Crippen LogP contribution in [-0.2, 0) is 4.74 Å². The number of hydrogen-bond acceptors (Lipinski definition) is 2. The molecular weight excluding hydrogens is 212 g/mol. The minimum absolute atomic E-state index is 0.0719. The van der Waals surface area contributed by atoms with Gasteiger partial charge in [0.2, 0.25) is 0 Å². The molecule has 2 rings (SSSR count). The van der Waals surface area contributed by atoms with Crippen molar-refractivity contribution in [3.05, 3.63) is 77.8 Å². The molecule has 86 valence electrons. The molecule has 0 saturated carbocycles. The molecule has 2 heteroatoms. The fraction of sp³-hybridized carbons (Fsp3) is 0.0667. The second kappa shape index (κ2) is 5.21. The summed E-state index contributed by atoms with van der Waals surface area (Å²) in [6.07, 6.45) is 9.77. The topological polar surface area (TPSA) is 29.5 Å². The van der Waals surface area contributed by atoms with Gasteiger partial charge in [0, 0.05) is 0 Å². The van der Waals surface area contributed by atoms with E-state index in [1.807, 2.05) is 60.7 Å². The van der Waals surface area contributed by atoms with E-state index in [0.29, 0.717) is 5.57 Å². The van der Waals surface area contributed by atoms with Crippen LogP contribution in [0.1, 0.15) is 5.56 Å². The monoisotopic (exact) mass is 226 g/mol. The maximum Gasteiger partial charge on any atom is 0.284 e. The Morgan fingerprint density at radius 3 is 2.35 bits per heavy atom. The number of methoxy groups -OCH3 is 1. The average molecular weight is 226 g/mol. The van der Waals surface area contributed by atoms with Crippen molar-refractivity contribution in [2.24, 2.45) is 0 Å². The number of allylic oxidation sites excluding steroid dienone is 7. The summed E-state index contributed by atoms with van der Waals surface area (Å²) in [7, 11) is 1.46. The Balaban J connectivity index is 2.44. The van der Waals surface area contributed by atoms with Gasteiger partial charge in [0.1, 0.15) is 0 Å².